The molecule has 11 heavy (non-hydrogen) atoms. The van der Waals surface area contributed by atoms with Gasteiger partial charge in [0, 0.05) is 0 Å². The second kappa shape index (κ2) is 3.46. The van der Waals surface area contributed by atoms with Crippen LogP contribution in [0.3, 0.4) is 0 Å². The first-order valence-corrected chi connectivity index (χ1v) is 3.43. The lowest BCUT2D eigenvalue weighted by Gasteiger charge is -2.34. The topological polar surface area (TPSA) is 90.2 Å². The molecule has 5 heteroatoms. The fraction of sp³-hybridized carbons (Fsp3) is 1.00. The maximum Gasteiger partial charge on any atom is 0.111 e. The molecule has 1 heterocycles. The molecule has 0 aromatic carbocycles. The van der Waals surface area contributed by atoms with Crippen molar-refractivity contribution in [1.29, 1.82) is 0 Å². The average Bonchev–Trinajstić information content (AvgIpc) is 2.01. The molecule has 4 N–H and O–H groups in total. The van der Waals surface area contributed by atoms with E-state index in [0.717, 1.165) is 0 Å². The van der Waals surface area contributed by atoms with Gasteiger partial charge in [-0.05, 0) is 0 Å². The Labute approximate surface area is 63.8 Å². The first kappa shape index (κ1) is 8.89. The summed E-state index contributed by atoms with van der Waals surface area (Å²) in [5, 5.41) is 35.7. The fourth-order valence-corrected chi connectivity index (χ4v) is 1.03. The van der Waals surface area contributed by atoms with Gasteiger partial charge in [-0.1, -0.05) is 0 Å². The van der Waals surface area contributed by atoms with E-state index in [2.05, 4.69) is 0 Å². The van der Waals surface area contributed by atoms with Crippen LogP contribution >= 0.6 is 0 Å². The quantitative estimate of drug-likeness (QED) is 0.343. The van der Waals surface area contributed by atoms with Crippen molar-refractivity contribution >= 4 is 0 Å². The van der Waals surface area contributed by atoms with Crippen LogP contribution < -0.4 is 0 Å². The zero-order chi connectivity index (χ0) is 8.43. The lowest BCUT2D eigenvalue weighted by atomic mass is 10.0. The van der Waals surface area contributed by atoms with Crippen LogP contribution in [0.4, 0.5) is 0 Å². The van der Waals surface area contributed by atoms with E-state index in [4.69, 9.17) is 25.2 Å². The third-order valence-electron chi connectivity index (χ3n) is 1.79. The minimum absolute atomic E-state index is 0.0521. The summed E-state index contributed by atoms with van der Waals surface area (Å²) in [5.41, 5.74) is 0. The van der Waals surface area contributed by atoms with E-state index < -0.39 is 24.4 Å². The highest BCUT2D eigenvalue weighted by atomic mass is 16.5. The highest BCUT2D eigenvalue weighted by Gasteiger charge is 2.36. The molecular weight excluding hydrogens is 152 g/mol. The molecule has 0 spiro atoms. The van der Waals surface area contributed by atoms with Crippen molar-refractivity contribution in [3.05, 3.63) is 0 Å². The van der Waals surface area contributed by atoms with Gasteiger partial charge < -0.3 is 25.2 Å². The second-order valence-corrected chi connectivity index (χ2v) is 2.60. The smallest absolute Gasteiger partial charge is 0.111 e. The summed E-state index contributed by atoms with van der Waals surface area (Å²) in [6.45, 7) is -0.408. The molecule has 1 rings (SSSR count). The molecule has 0 bridgehead atoms. The molecule has 1 aliphatic rings. The Bertz CT molecular complexity index is 126. The fourth-order valence-electron chi connectivity index (χ4n) is 1.03. The molecule has 5 nitrogen and oxygen atoms in total. The molecule has 66 valence electrons. The summed E-state index contributed by atoms with van der Waals surface area (Å²) < 4.78 is 4.81. The number of hydrogen-bond acceptors (Lipinski definition) is 5. The van der Waals surface area contributed by atoms with Crippen LogP contribution in [0.2, 0.25) is 0 Å². The maximum absolute atomic E-state index is 9.11. The van der Waals surface area contributed by atoms with Gasteiger partial charge in [0.15, 0.2) is 0 Å². The van der Waals surface area contributed by atoms with E-state index in [1.807, 2.05) is 0 Å². The molecule has 0 amide bonds. The summed E-state index contributed by atoms with van der Waals surface area (Å²) in [6, 6.07) is 0. The van der Waals surface area contributed by atoms with E-state index in [1.165, 1.54) is 0 Å². The van der Waals surface area contributed by atoms with Gasteiger partial charge in [-0.25, -0.2) is 0 Å². The highest BCUT2D eigenvalue weighted by Crippen LogP contribution is 2.14. The average molecular weight is 164 g/mol. The Morgan fingerprint density at radius 2 is 1.82 bits per heavy atom. The largest absolute Gasteiger partial charge is 0.394 e. The van der Waals surface area contributed by atoms with Crippen molar-refractivity contribution in [2.24, 2.45) is 0 Å². The summed E-state index contributed by atoms with van der Waals surface area (Å²) in [4.78, 5) is 0. The van der Waals surface area contributed by atoms with Crippen molar-refractivity contribution in [1.82, 2.24) is 0 Å². The minimum atomic E-state index is -1.22. The molecule has 1 aliphatic heterocycles. The second-order valence-electron chi connectivity index (χ2n) is 2.60. The zero-order valence-electron chi connectivity index (χ0n) is 5.92. The lowest BCUT2D eigenvalue weighted by Crippen LogP contribution is -2.53. The molecular formula is C6H12O5. The van der Waals surface area contributed by atoms with E-state index >= 15 is 0 Å². The van der Waals surface area contributed by atoms with E-state index in [9.17, 15) is 0 Å². The first-order valence-electron chi connectivity index (χ1n) is 3.43. The van der Waals surface area contributed by atoms with Crippen molar-refractivity contribution in [3.8, 4) is 0 Å². The van der Waals surface area contributed by atoms with Crippen LogP contribution in [0.15, 0.2) is 0 Å². The van der Waals surface area contributed by atoms with Crippen LogP contribution in [0.25, 0.3) is 0 Å². The molecule has 0 radical (unpaired) electrons. The van der Waals surface area contributed by atoms with Gasteiger partial charge in [-0.2, -0.15) is 0 Å². The predicted molar refractivity (Wildman–Crippen MR) is 34.8 cm³/mol. The van der Waals surface area contributed by atoms with Gasteiger partial charge in [0.2, 0.25) is 0 Å². The standard InChI is InChI=1S/C6H12O5/c7-1-4-6(10)5(9)3(8)2-11-4/h3-10H,1-2H2/t3?,4?,5-,6+/m0/s1. The SMILES string of the molecule is OCC1OCC(O)[C@H](O)[C@@H]1O. The highest BCUT2D eigenvalue weighted by molar-refractivity contribution is 4.85. The molecule has 1 fully saturated rings. The molecule has 0 aromatic rings. The Morgan fingerprint density at radius 3 is 2.36 bits per heavy atom. The zero-order valence-corrected chi connectivity index (χ0v) is 5.92. The maximum atomic E-state index is 9.11. The van der Waals surface area contributed by atoms with Crippen LogP contribution in [-0.2, 0) is 4.74 Å². The van der Waals surface area contributed by atoms with E-state index in [-0.39, 0.29) is 13.2 Å². The third kappa shape index (κ3) is 1.69. The number of hydrogen-bond donors (Lipinski definition) is 4. The lowest BCUT2D eigenvalue weighted by molar-refractivity contribution is -0.195. The van der Waals surface area contributed by atoms with Crippen LogP contribution in [0, 0.1) is 0 Å². The van der Waals surface area contributed by atoms with Gasteiger partial charge in [0.05, 0.1) is 13.2 Å². The van der Waals surface area contributed by atoms with Crippen molar-refractivity contribution in [3.63, 3.8) is 0 Å². The van der Waals surface area contributed by atoms with Gasteiger partial charge >= 0.3 is 0 Å². The Balaban J connectivity index is 2.52. The summed E-state index contributed by atoms with van der Waals surface area (Å²) in [5.74, 6) is 0. The number of ether oxygens (including phenoxy) is 1. The molecule has 0 saturated carbocycles. The molecule has 4 atom stereocenters. The monoisotopic (exact) mass is 164 g/mol. The van der Waals surface area contributed by atoms with Crippen molar-refractivity contribution in [2.75, 3.05) is 13.2 Å². The van der Waals surface area contributed by atoms with Crippen molar-refractivity contribution in [2.45, 2.75) is 24.4 Å². The Hall–Kier alpha value is -0.200. The third-order valence-corrected chi connectivity index (χ3v) is 1.79. The number of aliphatic hydroxyl groups is 4. The van der Waals surface area contributed by atoms with Gasteiger partial charge in [0.25, 0.3) is 0 Å². The summed E-state index contributed by atoms with van der Waals surface area (Å²) in [6.07, 6.45) is -4.27. The van der Waals surface area contributed by atoms with Crippen LogP contribution in [0.5, 0.6) is 0 Å². The minimum Gasteiger partial charge on any atom is -0.394 e. The van der Waals surface area contributed by atoms with Gasteiger partial charge in [-0.15, -0.1) is 0 Å². The molecule has 1 saturated heterocycles. The van der Waals surface area contributed by atoms with Crippen LogP contribution in [0.1, 0.15) is 0 Å². The first-order chi connectivity index (χ1) is 5.16. The van der Waals surface area contributed by atoms with E-state index in [0.29, 0.717) is 0 Å². The van der Waals surface area contributed by atoms with Gasteiger partial charge in [-0.3, -0.25) is 0 Å². The normalized spacial score (nSPS) is 45.8. The predicted octanol–water partition coefficient (Wildman–Crippen LogP) is -2.54. The molecule has 2 unspecified atom stereocenters. The number of rotatable bonds is 1. The molecule has 0 aliphatic carbocycles. The number of aliphatic hydroxyl groups excluding tert-OH is 4. The van der Waals surface area contributed by atoms with Crippen LogP contribution in [-0.4, -0.2) is 58.1 Å². The molecule has 0 aromatic heterocycles. The van der Waals surface area contributed by atoms with Gasteiger partial charge in [0.1, 0.15) is 24.4 Å². The summed E-state index contributed by atoms with van der Waals surface area (Å²) in [7, 11) is 0. The van der Waals surface area contributed by atoms with Crippen molar-refractivity contribution < 1.29 is 25.2 Å². The van der Waals surface area contributed by atoms with E-state index in [1.54, 1.807) is 0 Å². The Morgan fingerprint density at radius 1 is 1.18 bits per heavy atom. The summed E-state index contributed by atoms with van der Waals surface area (Å²) >= 11 is 0. The Kier molecular flexibility index (Phi) is 2.80.